The number of nitrogens with one attached hydrogen (secondary N) is 2. The van der Waals surface area contributed by atoms with Crippen LogP contribution in [0.4, 0.5) is 5.69 Å². The molecular formula is C22H26N2O7. The molecule has 2 aliphatic rings. The fourth-order valence-corrected chi connectivity index (χ4v) is 3.68. The number of anilines is 1. The fraction of sp³-hybridized carbons (Fsp3) is 0.455. The van der Waals surface area contributed by atoms with Crippen molar-refractivity contribution in [1.29, 1.82) is 0 Å². The van der Waals surface area contributed by atoms with Gasteiger partial charge in [-0.15, -0.1) is 0 Å². The Hall–Kier alpha value is -3.20. The Labute approximate surface area is 180 Å². The van der Waals surface area contributed by atoms with E-state index in [9.17, 15) is 19.2 Å². The monoisotopic (exact) mass is 430 g/mol. The van der Waals surface area contributed by atoms with Crippen LogP contribution in [0.1, 0.15) is 50.3 Å². The Balaban J connectivity index is 1.78. The summed E-state index contributed by atoms with van der Waals surface area (Å²) < 4.78 is 16.4. The van der Waals surface area contributed by atoms with E-state index in [-0.39, 0.29) is 24.3 Å². The lowest BCUT2D eigenvalue weighted by molar-refractivity contribution is -0.163. The fourth-order valence-electron chi connectivity index (χ4n) is 3.68. The molecule has 2 N–H and O–H groups in total. The molecule has 0 spiro atoms. The highest BCUT2D eigenvalue weighted by molar-refractivity contribution is 6.03. The molecule has 0 radical (unpaired) electrons. The number of amides is 2. The molecule has 9 heteroatoms. The highest BCUT2D eigenvalue weighted by atomic mass is 16.6. The molecule has 2 aliphatic heterocycles. The van der Waals surface area contributed by atoms with Crippen LogP contribution in [0.25, 0.3) is 0 Å². The van der Waals surface area contributed by atoms with E-state index in [1.54, 1.807) is 12.2 Å². The van der Waals surface area contributed by atoms with Gasteiger partial charge in [0, 0.05) is 33.0 Å². The minimum atomic E-state index is -0.670. The first-order valence-electron chi connectivity index (χ1n) is 10.1. The van der Waals surface area contributed by atoms with Crippen molar-refractivity contribution in [3.8, 4) is 0 Å². The number of carbonyl (C=O) groups is 4. The van der Waals surface area contributed by atoms with Crippen LogP contribution in [0.15, 0.2) is 30.4 Å². The van der Waals surface area contributed by atoms with Crippen molar-refractivity contribution in [3.05, 3.63) is 41.5 Å². The molecule has 3 rings (SSSR count). The van der Waals surface area contributed by atoms with Crippen LogP contribution in [-0.4, -0.2) is 49.1 Å². The second-order valence-corrected chi connectivity index (χ2v) is 7.52. The second kappa shape index (κ2) is 9.74. The Bertz CT molecular complexity index is 911. The molecule has 0 aliphatic carbocycles. The van der Waals surface area contributed by atoms with Gasteiger partial charge in [-0.25, -0.2) is 0 Å². The van der Waals surface area contributed by atoms with Crippen molar-refractivity contribution < 1.29 is 33.4 Å². The van der Waals surface area contributed by atoms with Crippen molar-refractivity contribution >= 4 is 29.4 Å². The van der Waals surface area contributed by atoms with E-state index in [4.69, 9.17) is 14.2 Å². The van der Waals surface area contributed by atoms with Crippen LogP contribution >= 0.6 is 0 Å². The van der Waals surface area contributed by atoms with Gasteiger partial charge in [-0.2, -0.15) is 0 Å². The van der Waals surface area contributed by atoms with E-state index in [2.05, 4.69) is 10.6 Å². The summed E-state index contributed by atoms with van der Waals surface area (Å²) in [5, 5.41) is 5.57. The highest BCUT2D eigenvalue weighted by Crippen LogP contribution is 2.38. The standard InChI is InChI=1S/C22H26N2O7/c1-12(25)23-9-8-16-17-10-15(4-5-18(17)24-22(16)28)19-6-7-20(30-14(3)27)21(31-19)11-29-13(2)26/h4-7,10,16,19-21H,8-9,11H2,1-3H3,(H,23,25)(H,24,28)/t16?,19-,20+,21-/m1/s1. The molecule has 0 saturated carbocycles. The predicted octanol–water partition coefficient (Wildman–Crippen LogP) is 1.74. The van der Waals surface area contributed by atoms with Gasteiger partial charge in [0.25, 0.3) is 0 Å². The van der Waals surface area contributed by atoms with Gasteiger partial charge in [-0.3, -0.25) is 19.2 Å². The molecule has 0 fully saturated rings. The molecule has 1 unspecified atom stereocenters. The summed E-state index contributed by atoms with van der Waals surface area (Å²) in [6.07, 6.45) is 2.17. The zero-order chi connectivity index (χ0) is 22.5. The van der Waals surface area contributed by atoms with Crippen molar-refractivity contribution in [1.82, 2.24) is 5.32 Å². The maximum absolute atomic E-state index is 12.4. The lowest BCUT2D eigenvalue weighted by Gasteiger charge is -2.31. The van der Waals surface area contributed by atoms with E-state index >= 15 is 0 Å². The molecule has 2 heterocycles. The number of hydrogen-bond donors (Lipinski definition) is 2. The first-order chi connectivity index (χ1) is 14.7. The largest absolute Gasteiger partial charge is 0.463 e. The Morgan fingerprint density at radius 2 is 1.90 bits per heavy atom. The van der Waals surface area contributed by atoms with Gasteiger partial charge in [-0.05, 0) is 35.8 Å². The number of benzene rings is 1. The van der Waals surface area contributed by atoms with E-state index in [1.165, 1.54) is 20.8 Å². The number of esters is 2. The summed E-state index contributed by atoms with van der Waals surface area (Å²) >= 11 is 0. The van der Waals surface area contributed by atoms with Crippen LogP contribution in [0.5, 0.6) is 0 Å². The Morgan fingerprint density at radius 3 is 2.58 bits per heavy atom. The first-order valence-corrected chi connectivity index (χ1v) is 10.1. The maximum atomic E-state index is 12.4. The van der Waals surface area contributed by atoms with Crippen LogP contribution in [0.2, 0.25) is 0 Å². The number of hydrogen-bond acceptors (Lipinski definition) is 7. The number of rotatable bonds is 7. The van der Waals surface area contributed by atoms with E-state index in [1.807, 2.05) is 18.2 Å². The zero-order valence-corrected chi connectivity index (χ0v) is 17.7. The van der Waals surface area contributed by atoms with Gasteiger partial charge in [0.2, 0.25) is 11.8 Å². The summed E-state index contributed by atoms with van der Waals surface area (Å²) in [7, 11) is 0. The number of ether oxygens (including phenoxy) is 3. The first kappa shape index (κ1) is 22.5. The Morgan fingerprint density at radius 1 is 1.13 bits per heavy atom. The topological polar surface area (TPSA) is 120 Å². The predicted molar refractivity (Wildman–Crippen MR) is 110 cm³/mol. The normalized spacial score (nSPS) is 24.2. The average molecular weight is 430 g/mol. The van der Waals surface area contributed by atoms with Gasteiger partial charge in [-0.1, -0.05) is 12.1 Å². The molecule has 0 aromatic heterocycles. The summed E-state index contributed by atoms with van der Waals surface area (Å²) in [6.45, 7) is 4.36. The van der Waals surface area contributed by atoms with E-state index in [0.717, 1.165) is 16.8 Å². The zero-order valence-electron chi connectivity index (χ0n) is 17.7. The minimum Gasteiger partial charge on any atom is -0.463 e. The molecule has 31 heavy (non-hydrogen) atoms. The summed E-state index contributed by atoms with van der Waals surface area (Å²) in [5.74, 6) is -1.55. The smallest absolute Gasteiger partial charge is 0.303 e. The van der Waals surface area contributed by atoms with Crippen LogP contribution in [0.3, 0.4) is 0 Å². The van der Waals surface area contributed by atoms with Gasteiger partial charge < -0.3 is 24.8 Å². The highest BCUT2D eigenvalue weighted by Gasteiger charge is 2.34. The number of carbonyl (C=O) groups excluding carboxylic acids is 4. The number of fused-ring (bicyclic) bond motifs is 1. The quantitative estimate of drug-likeness (QED) is 0.499. The third kappa shape index (κ3) is 5.69. The molecule has 0 bridgehead atoms. The average Bonchev–Trinajstić information content (AvgIpc) is 3.01. The third-order valence-electron chi connectivity index (χ3n) is 5.08. The summed E-state index contributed by atoms with van der Waals surface area (Å²) in [4.78, 5) is 46.1. The molecule has 2 amide bonds. The van der Waals surface area contributed by atoms with Crippen LogP contribution in [-0.2, 0) is 33.4 Å². The van der Waals surface area contributed by atoms with Gasteiger partial charge in [0.1, 0.15) is 24.9 Å². The van der Waals surface area contributed by atoms with Crippen molar-refractivity contribution in [3.63, 3.8) is 0 Å². The maximum Gasteiger partial charge on any atom is 0.303 e. The lowest BCUT2D eigenvalue weighted by Crippen LogP contribution is -2.39. The minimum absolute atomic E-state index is 0.0571. The molecular weight excluding hydrogens is 404 g/mol. The lowest BCUT2D eigenvalue weighted by atomic mass is 9.93. The van der Waals surface area contributed by atoms with Gasteiger partial charge in [0.05, 0.1) is 5.92 Å². The molecule has 1 aromatic rings. The van der Waals surface area contributed by atoms with E-state index < -0.39 is 30.3 Å². The molecule has 1 aromatic carbocycles. The molecule has 166 valence electrons. The third-order valence-corrected chi connectivity index (χ3v) is 5.08. The Kier molecular flexibility index (Phi) is 7.06. The van der Waals surface area contributed by atoms with Crippen molar-refractivity contribution in [2.75, 3.05) is 18.5 Å². The molecule has 0 saturated heterocycles. The molecule has 9 nitrogen and oxygen atoms in total. The van der Waals surface area contributed by atoms with E-state index in [0.29, 0.717) is 13.0 Å². The second-order valence-electron chi connectivity index (χ2n) is 7.52. The molecule has 4 atom stereocenters. The van der Waals surface area contributed by atoms with Crippen molar-refractivity contribution in [2.45, 2.75) is 51.4 Å². The van der Waals surface area contributed by atoms with Gasteiger partial charge in [0.15, 0.2) is 0 Å². The van der Waals surface area contributed by atoms with Crippen LogP contribution < -0.4 is 10.6 Å². The van der Waals surface area contributed by atoms with Crippen LogP contribution in [0, 0.1) is 0 Å². The summed E-state index contributed by atoms with van der Waals surface area (Å²) in [5.41, 5.74) is 2.38. The van der Waals surface area contributed by atoms with Gasteiger partial charge >= 0.3 is 11.9 Å². The SMILES string of the molecule is CC(=O)NCCC1C(=O)Nc2ccc([C@H]3C=C[C@H](OC(C)=O)[C@@H](COC(C)=O)O3)cc21. The van der Waals surface area contributed by atoms with Crippen molar-refractivity contribution in [2.24, 2.45) is 0 Å². The summed E-state index contributed by atoms with van der Waals surface area (Å²) in [6, 6.07) is 5.56.